The summed E-state index contributed by atoms with van der Waals surface area (Å²) in [6.07, 6.45) is 0.764. The summed E-state index contributed by atoms with van der Waals surface area (Å²) < 4.78 is 1.66. The highest BCUT2D eigenvalue weighted by atomic mass is 32.2. The van der Waals surface area contributed by atoms with Gasteiger partial charge < -0.3 is 0 Å². The summed E-state index contributed by atoms with van der Waals surface area (Å²) in [7, 11) is 0. The molecule has 0 N–H and O–H groups in total. The van der Waals surface area contributed by atoms with E-state index in [4.69, 9.17) is 0 Å². The first-order valence-electron chi connectivity index (χ1n) is 9.12. The number of para-hydroxylation sites is 1. The predicted octanol–water partition coefficient (Wildman–Crippen LogP) is 3.71. The first-order valence-corrected chi connectivity index (χ1v) is 10.1. The third kappa shape index (κ3) is 2.92. The lowest BCUT2D eigenvalue weighted by Gasteiger charge is -2.20. The van der Waals surface area contributed by atoms with Gasteiger partial charge in [-0.05, 0) is 37.6 Å². The van der Waals surface area contributed by atoms with Crippen LogP contribution < -0.4 is 5.56 Å². The number of carbonyl (C=O) groups excluding carboxylic acids is 2. The Morgan fingerprint density at radius 1 is 0.964 bits per heavy atom. The van der Waals surface area contributed by atoms with E-state index in [2.05, 4.69) is 4.98 Å². The minimum absolute atomic E-state index is 0.0470. The molecule has 6 nitrogen and oxygen atoms in total. The SMILES string of the molecule is CC[C@H](C)n1c(SCN2C(=O)c3ccccc3C2=O)nc2ccccc2c1=O. The van der Waals surface area contributed by atoms with Gasteiger partial charge in [-0.3, -0.25) is 23.9 Å². The van der Waals surface area contributed by atoms with Crippen molar-refractivity contribution in [3.05, 3.63) is 70.0 Å². The van der Waals surface area contributed by atoms with E-state index >= 15 is 0 Å². The van der Waals surface area contributed by atoms with E-state index in [9.17, 15) is 14.4 Å². The second kappa shape index (κ2) is 7.24. The van der Waals surface area contributed by atoms with E-state index in [-0.39, 0.29) is 29.3 Å². The third-order valence-electron chi connectivity index (χ3n) is 5.01. The van der Waals surface area contributed by atoms with Gasteiger partial charge in [0.15, 0.2) is 5.16 Å². The van der Waals surface area contributed by atoms with Crippen LogP contribution in [-0.2, 0) is 0 Å². The molecule has 0 aliphatic carbocycles. The van der Waals surface area contributed by atoms with Crippen LogP contribution >= 0.6 is 11.8 Å². The number of benzene rings is 2. The van der Waals surface area contributed by atoms with E-state index in [1.165, 1.54) is 16.7 Å². The summed E-state index contributed by atoms with van der Waals surface area (Å²) in [4.78, 5) is 44.0. The number of hydrogen-bond donors (Lipinski definition) is 0. The maximum atomic E-state index is 13.0. The first-order chi connectivity index (χ1) is 13.5. The highest BCUT2D eigenvalue weighted by Crippen LogP contribution is 2.28. The molecule has 142 valence electrons. The van der Waals surface area contributed by atoms with Crippen molar-refractivity contribution in [2.45, 2.75) is 31.5 Å². The number of aromatic nitrogens is 2. The van der Waals surface area contributed by atoms with Gasteiger partial charge in [-0.15, -0.1) is 0 Å². The Kier molecular flexibility index (Phi) is 4.77. The van der Waals surface area contributed by atoms with Crippen LogP contribution in [0.5, 0.6) is 0 Å². The van der Waals surface area contributed by atoms with Crippen molar-refractivity contribution in [3.63, 3.8) is 0 Å². The predicted molar refractivity (Wildman–Crippen MR) is 109 cm³/mol. The Balaban J connectivity index is 1.70. The van der Waals surface area contributed by atoms with Crippen LogP contribution in [0.25, 0.3) is 10.9 Å². The Labute approximate surface area is 166 Å². The zero-order valence-corrected chi connectivity index (χ0v) is 16.4. The number of amides is 2. The van der Waals surface area contributed by atoms with Crippen molar-refractivity contribution in [2.24, 2.45) is 0 Å². The molecule has 28 heavy (non-hydrogen) atoms. The van der Waals surface area contributed by atoms with Crippen LogP contribution in [0.2, 0.25) is 0 Å². The van der Waals surface area contributed by atoms with E-state index in [0.29, 0.717) is 27.2 Å². The molecule has 2 aromatic carbocycles. The lowest BCUT2D eigenvalue weighted by molar-refractivity contribution is 0.0684. The molecule has 1 aliphatic heterocycles. The molecule has 7 heteroatoms. The molecular formula is C21H19N3O3S. The molecule has 0 spiro atoms. The molecule has 0 unspecified atom stereocenters. The van der Waals surface area contributed by atoms with Crippen LogP contribution in [-0.4, -0.2) is 32.1 Å². The summed E-state index contributed by atoms with van der Waals surface area (Å²) >= 11 is 1.23. The minimum atomic E-state index is -0.314. The molecule has 1 atom stereocenters. The van der Waals surface area contributed by atoms with Gasteiger partial charge in [-0.2, -0.15) is 0 Å². The van der Waals surface area contributed by atoms with Crippen molar-refractivity contribution in [1.29, 1.82) is 0 Å². The van der Waals surface area contributed by atoms with Gasteiger partial charge >= 0.3 is 0 Å². The van der Waals surface area contributed by atoms with Crippen molar-refractivity contribution in [2.75, 3.05) is 5.88 Å². The van der Waals surface area contributed by atoms with E-state index in [1.807, 2.05) is 26.0 Å². The molecular weight excluding hydrogens is 374 g/mol. The Morgan fingerprint density at radius 2 is 1.57 bits per heavy atom. The van der Waals surface area contributed by atoms with Crippen molar-refractivity contribution in [1.82, 2.24) is 14.5 Å². The zero-order chi connectivity index (χ0) is 19.8. The van der Waals surface area contributed by atoms with Crippen LogP contribution in [0.1, 0.15) is 47.0 Å². The second-order valence-corrected chi connectivity index (χ2v) is 7.61. The molecule has 1 aromatic heterocycles. The quantitative estimate of drug-likeness (QED) is 0.375. The largest absolute Gasteiger partial charge is 0.284 e. The second-order valence-electron chi connectivity index (χ2n) is 6.70. The molecule has 4 rings (SSSR count). The normalized spacial score (nSPS) is 14.6. The van der Waals surface area contributed by atoms with Gasteiger partial charge in [-0.25, -0.2) is 4.98 Å². The fourth-order valence-electron chi connectivity index (χ4n) is 3.28. The van der Waals surface area contributed by atoms with E-state index in [0.717, 1.165) is 6.42 Å². The number of carbonyl (C=O) groups is 2. The van der Waals surface area contributed by atoms with Crippen molar-refractivity contribution < 1.29 is 9.59 Å². The topological polar surface area (TPSA) is 72.3 Å². The molecule has 0 bridgehead atoms. The number of nitrogens with zero attached hydrogens (tertiary/aromatic N) is 3. The maximum absolute atomic E-state index is 13.0. The number of fused-ring (bicyclic) bond motifs is 2. The third-order valence-corrected chi connectivity index (χ3v) is 5.94. The zero-order valence-electron chi connectivity index (χ0n) is 15.6. The molecule has 2 amide bonds. The van der Waals surface area contributed by atoms with Crippen LogP contribution in [0.15, 0.2) is 58.5 Å². The van der Waals surface area contributed by atoms with Crippen molar-refractivity contribution in [3.8, 4) is 0 Å². The molecule has 2 heterocycles. The lowest BCUT2D eigenvalue weighted by atomic mass is 10.1. The van der Waals surface area contributed by atoms with Crippen LogP contribution in [0.4, 0.5) is 0 Å². The Hall–Kier alpha value is -2.93. The average Bonchev–Trinajstić information content (AvgIpc) is 2.96. The monoisotopic (exact) mass is 393 g/mol. The molecule has 0 fully saturated rings. The molecule has 0 radical (unpaired) electrons. The summed E-state index contributed by atoms with van der Waals surface area (Å²) in [5, 5.41) is 1.07. The summed E-state index contributed by atoms with van der Waals surface area (Å²) in [6.45, 7) is 3.97. The maximum Gasteiger partial charge on any atom is 0.262 e. The van der Waals surface area contributed by atoms with Gasteiger partial charge in [-0.1, -0.05) is 43.0 Å². The standard InChI is InChI=1S/C21H19N3O3S/c1-3-13(2)24-20(27)16-10-6-7-11-17(16)22-21(24)28-12-23-18(25)14-8-4-5-9-15(14)19(23)26/h4-11,13H,3,12H2,1-2H3/t13-/m0/s1. The van der Waals surface area contributed by atoms with Crippen LogP contribution in [0, 0.1) is 0 Å². The summed E-state index contributed by atoms with van der Waals surface area (Å²) in [5.74, 6) is -0.522. The number of rotatable bonds is 5. The van der Waals surface area contributed by atoms with E-state index < -0.39 is 0 Å². The van der Waals surface area contributed by atoms with E-state index in [1.54, 1.807) is 41.0 Å². The lowest BCUT2D eigenvalue weighted by Crippen LogP contribution is -2.31. The number of hydrogen-bond acceptors (Lipinski definition) is 5. The summed E-state index contributed by atoms with van der Waals surface area (Å²) in [6, 6.07) is 14.0. The summed E-state index contributed by atoms with van der Waals surface area (Å²) in [5.41, 5.74) is 1.33. The Bertz CT molecular complexity index is 1120. The van der Waals surface area contributed by atoms with Crippen LogP contribution in [0.3, 0.4) is 0 Å². The molecule has 0 saturated heterocycles. The van der Waals surface area contributed by atoms with Gasteiger partial charge in [0.25, 0.3) is 17.4 Å². The van der Waals surface area contributed by atoms with Gasteiger partial charge in [0.2, 0.25) is 0 Å². The first kappa shape index (κ1) is 18.4. The fraction of sp³-hybridized carbons (Fsp3) is 0.238. The minimum Gasteiger partial charge on any atom is -0.284 e. The van der Waals surface area contributed by atoms with Crippen molar-refractivity contribution >= 4 is 34.5 Å². The van der Waals surface area contributed by atoms with Gasteiger partial charge in [0, 0.05) is 6.04 Å². The highest BCUT2D eigenvalue weighted by Gasteiger charge is 2.35. The highest BCUT2D eigenvalue weighted by molar-refractivity contribution is 7.99. The smallest absolute Gasteiger partial charge is 0.262 e. The fourth-order valence-corrected chi connectivity index (χ4v) is 4.32. The number of thioether (sulfide) groups is 1. The molecule has 1 aliphatic rings. The van der Waals surface area contributed by atoms with Gasteiger partial charge in [0.05, 0.1) is 27.9 Å². The molecule has 0 saturated carbocycles. The number of imide groups is 1. The Morgan fingerprint density at radius 3 is 2.21 bits per heavy atom. The molecule has 3 aromatic rings. The van der Waals surface area contributed by atoms with Gasteiger partial charge in [0.1, 0.15) is 0 Å². The average molecular weight is 393 g/mol.